The second-order valence-electron chi connectivity index (χ2n) is 16.1. The lowest BCUT2D eigenvalue weighted by Gasteiger charge is -2.26. The van der Waals surface area contributed by atoms with Crippen LogP contribution in [0, 0.1) is 0 Å². The standard InChI is InChI=1S/C41H85N2O6P/c1-6-8-10-11-12-13-14-15-16-17-18-19-20-21-22-23-24-25-26-27-28-29-30-31-32-33-34-40(44)39(42-41(45)35-9-7-2)38-49-50(46,47)48-37-36-43(3,4)5/h39-40,44H,6-38H2,1-5H3,(H-,42,45,46,47)/p+1. The highest BCUT2D eigenvalue weighted by Gasteiger charge is 2.28. The molecule has 0 aromatic carbocycles. The van der Waals surface area contributed by atoms with Crippen LogP contribution in [0.4, 0.5) is 0 Å². The number of aliphatic hydroxyl groups excluding tert-OH is 1. The highest BCUT2D eigenvalue weighted by molar-refractivity contribution is 7.47. The summed E-state index contributed by atoms with van der Waals surface area (Å²) in [5.41, 5.74) is 0. The number of amides is 1. The number of hydrogen-bond acceptors (Lipinski definition) is 5. The van der Waals surface area contributed by atoms with Gasteiger partial charge in [0.15, 0.2) is 0 Å². The monoisotopic (exact) mass is 734 g/mol. The quantitative estimate of drug-likeness (QED) is 0.0330. The smallest absolute Gasteiger partial charge is 0.391 e. The third-order valence-electron chi connectivity index (χ3n) is 9.86. The van der Waals surface area contributed by atoms with Crippen molar-refractivity contribution < 1.29 is 32.9 Å². The molecule has 3 atom stereocenters. The molecular formula is C41H86N2O6P+. The minimum atomic E-state index is -4.28. The number of phosphoric ester groups is 1. The normalized spacial score (nSPS) is 14.5. The number of unbranched alkanes of at least 4 members (excludes halogenated alkanes) is 26. The van der Waals surface area contributed by atoms with Crippen LogP contribution >= 0.6 is 7.82 Å². The van der Waals surface area contributed by atoms with Crippen molar-refractivity contribution in [3.05, 3.63) is 0 Å². The number of carbonyl (C=O) groups excluding carboxylic acids is 1. The first-order valence-corrected chi connectivity index (χ1v) is 22.9. The van der Waals surface area contributed by atoms with Gasteiger partial charge in [-0.2, -0.15) is 0 Å². The Morgan fingerprint density at radius 1 is 0.600 bits per heavy atom. The third kappa shape index (κ3) is 35.9. The van der Waals surface area contributed by atoms with E-state index in [0.717, 1.165) is 32.1 Å². The average molecular weight is 734 g/mol. The fourth-order valence-corrected chi connectivity index (χ4v) is 7.11. The number of carbonyl (C=O) groups is 1. The molecule has 0 fully saturated rings. The summed E-state index contributed by atoms with van der Waals surface area (Å²) < 4.78 is 23.3. The van der Waals surface area contributed by atoms with E-state index in [0.29, 0.717) is 23.9 Å². The Kier molecular flexibility index (Phi) is 33.9. The Hall–Kier alpha value is -0.500. The molecule has 0 aliphatic carbocycles. The molecule has 0 aromatic rings. The number of nitrogens with zero attached hydrogens (tertiary/aromatic N) is 1. The van der Waals surface area contributed by atoms with Crippen LogP contribution in [-0.4, -0.2) is 73.4 Å². The van der Waals surface area contributed by atoms with Gasteiger partial charge in [-0.25, -0.2) is 4.57 Å². The number of quaternary nitrogens is 1. The zero-order chi connectivity index (χ0) is 37.2. The molecule has 0 aromatic heterocycles. The van der Waals surface area contributed by atoms with Crippen LogP contribution in [0.2, 0.25) is 0 Å². The molecule has 0 radical (unpaired) electrons. The molecule has 1 amide bonds. The van der Waals surface area contributed by atoms with E-state index in [2.05, 4.69) is 12.2 Å². The van der Waals surface area contributed by atoms with Crippen molar-refractivity contribution in [3.63, 3.8) is 0 Å². The summed E-state index contributed by atoms with van der Waals surface area (Å²) >= 11 is 0. The molecule has 0 spiro atoms. The summed E-state index contributed by atoms with van der Waals surface area (Å²) in [6, 6.07) is -0.749. The third-order valence-corrected chi connectivity index (χ3v) is 10.8. The van der Waals surface area contributed by atoms with Gasteiger partial charge in [-0.15, -0.1) is 0 Å². The Balaban J connectivity index is 3.80. The lowest BCUT2D eigenvalue weighted by Crippen LogP contribution is -2.46. The van der Waals surface area contributed by atoms with Gasteiger partial charge in [0.25, 0.3) is 0 Å². The number of aliphatic hydroxyl groups is 1. The van der Waals surface area contributed by atoms with Crippen molar-refractivity contribution in [1.82, 2.24) is 5.32 Å². The van der Waals surface area contributed by atoms with E-state index in [1.165, 1.54) is 148 Å². The van der Waals surface area contributed by atoms with E-state index in [-0.39, 0.29) is 19.1 Å². The molecule has 0 bridgehead atoms. The minimum Gasteiger partial charge on any atom is -0.391 e. The van der Waals surface area contributed by atoms with E-state index in [1.54, 1.807) is 0 Å². The first-order valence-electron chi connectivity index (χ1n) is 21.4. The molecule has 0 aliphatic heterocycles. The van der Waals surface area contributed by atoms with Gasteiger partial charge >= 0.3 is 7.82 Å². The van der Waals surface area contributed by atoms with Crippen LogP contribution in [0.3, 0.4) is 0 Å². The molecule has 3 unspecified atom stereocenters. The predicted octanol–water partition coefficient (Wildman–Crippen LogP) is 11.4. The SMILES string of the molecule is CCCCCCCCCCCCCCCCCCCCCCCCCCCCC(O)C(COP(=O)(O)OCC[N+](C)(C)C)NC(=O)CCCC. The highest BCUT2D eigenvalue weighted by atomic mass is 31.2. The Bertz CT molecular complexity index is 794. The number of nitrogens with one attached hydrogen (secondary N) is 1. The van der Waals surface area contributed by atoms with Crippen molar-refractivity contribution in [1.29, 1.82) is 0 Å². The zero-order valence-corrected chi connectivity index (χ0v) is 34.8. The van der Waals surface area contributed by atoms with Gasteiger partial charge in [0.05, 0.1) is 39.9 Å². The fourth-order valence-electron chi connectivity index (χ4n) is 6.38. The average Bonchev–Trinajstić information content (AvgIpc) is 3.06. The first kappa shape index (κ1) is 49.5. The van der Waals surface area contributed by atoms with Gasteiger partial charge in [0, 0.05) is 6.42 Å². The summed E-state index contributed by atoms with van der Waals surface area (Å²) in [6.07, 6.45) is 36.9. The fraction of sp³-hybridized carbons (Fsp3) is 0.976. The van der Waals surface area contributed by atoms with Crippen LogP contribution in [0.15, 0.2) is 0 Å². The van der Waals surface area contributed by atoms with Crippen LogP contribution in [-0.2, 0) is 18.4 Å². The van der Waals surface area contributed by atoms with Crippen molar-refractivity contribution in [2.45, 2.75) is 219 Å². The summed E-state index contributed by atoms with van der Waals surface area (Å²) in [6.45, 7) is 4.66. The topological polar surface area (TPSA) is 105 Å². The van der Waals surface area contributed by atoms with Gasteiger partial charge in [-0.1, -0.05) is 187 Å². The van der Waals surface area contributed by atoms with Crippen molar-refractivity contribution >= 4 is 13.7 Å². The molecule has 0 aliphatic rings. The molecule has 3 N–H and O–H groups in total. The largest absolute Gasteiger partial charge is 0.472 e. The maximum Gasteiger partial charge on any atom is 0.472 e. The second-order valence-corrected chi connectivity index (χ2v) is 17.5. The Morgan fingerprint density at radius 2 is 0.960 bits per heavy atom. The summed E-state index contributed by atoms with van der Waals surface area (Å²) in [5, 5.41) is 13.7. The van der Waals surface area contributed by atoms with Crippen molar-refractivity contribution in [2.24, 2.45) is 0 Å². The summed E-state index contributed by atoms with van der Waals surface area (Å²) in [7, 11) is 1.62. The molecule has 9 heteroatoms. The van der Waals surface area contributed by atoms with Crippen LogP contribution in [0.25, 0.3) is 0 Å². The van der Waals surface area contributed by atoms with Gasteiger partial charge in [0.1, 0.15) is 13.2 Å². The molecule has 300 valence electrons. The van der Waals surface area contributed by atoms with E-state index in [4.69, 9.17) is 9.05 Å². The number of likely N-dealkylation sites (N-methyl/N-ethyl adjacent to an activating group) is 1. The van der Waals surface area contributed by atoms with E-state index >= 15 is 0 Å². The van der Waals surface area contributed by atoms with E-state index in [9.17, 15) is 19.4 Å². The molecule has 0 saturated carbocycles. The van der Waals surface area contributed by atoms with E-state index < -0.39 is 20.0 Å². The first-order chi connectivity index (χ1) is 24.0. The van der Waals surface area contributed by atoms with Crippen molar-refractivity contribution in [3.8, 4) is 0 Å². The molecule has 50 heavy (non-hydrogen) atoms. The van der Waals surface area contributed by atoms with Crippen LogP contribution < -0.4 is 5.32 Å². The van der Waals surface area contributed by atoms with Crippen molar-refractivity contribution in [2.75, 3.05) is 40.9 Å². The van der Waals surface area contributed by atoms with Crippen LogP contribution in [0.1, 0.15) is 206 Å². The summed E-state index contributed by atoms with van der Waals surface area (Å²) in [4.78, 5) is 22.5. The van der Waals surface area contributed by atoms with Gasteiger partial charge in [0.2, 0.25) is 5.91 Å². The number of phosphoric acid groups is 1. The Morgan fingerprint density at radius 3 is 1.32 bits per heavy atom. The zero-order valence-electron chi connectivity index (χ0n) is 33.9. The van der Waals surface area contributed by atoms with Gasteiger partial charge in [-0.05, 0) is 12.8 Å². The van der Waals surface area contributed by atoms with E-state index in [1.807, 2.05) is 28.1 Å². The Labute approximate surface area is 310 Å². The molecule has 8 nitrogen and oxygen atoms in total. The van der Waals surface area contributed by atoms with Gasteiger partial charge in [-0.3, -0.25) is 13.8 Å². The lowest BCUT2D eigenvalue weighted by molar-refractivity contribution is -0.870. The lowest BCUT2D eigenvalue weighted by atomic mass is 10.0. The number of rotatable bonds is 39. The predicted molar refractivity (Wildman–Crippen MR) is 212 cm³/mol. The maximum absolute atomic E-state index is 12.4. The van der Waals surface area contributed by atoms with Crippen LogP contribution in [0.5, 0.6) is 0 Å². The maximum atomic E-state index is 12.4. The van der Waals surface area contributed by atoms with Gasteiger partial charge < -0.3 is 19.8 Å². The highest BCUT2D eigenvalue weighted by Crippen LogP contribution is 2.43. The second kappa shape index (κ2) is 34.3. The minimum absolute atomic E-state index is 0.0763. The molecular weight excluding hydrogens is 647 g/mol. The molecule has 0 heterocycles. The summed E-state index contributed by atoms with van der Waals surface area (Å²) in [5.74, 6) is -0.178. The molecule has 0 rings (SSSR count). The molecule has 0 saturated heterocycles. The number of hydrogen-bond donors (Lipinski definition) is 3.